The summed E-state index contributed by atoms with van der Waals surface area (Å²) in [4.78, 5) is 9.00. The molecule has 1 aromatic carbocycles. The third kappa shape index (κ3) is 2.72. The van der Waals surface area contributed by atoms with Gasteiger partial charge in [-0.05, 0) is 25.7 Å². The Balaban J connectivity index is 1.62. The van der Waals surface area contributed by atoms with Crippen LogP contribution in [0.5, 0.6) is 0 Å². The van der Waals surface area contributed by atoms with E-state index >= 15 is 0 Å². The van der Waals surface area contributed by atoms with Gasteiger partial charge in [0.05, 0.1) is 11.4 Å². The van der Waals surface area contributed by atoms with Crippen molar-refractivity contribution in [2.75, 3.05) is 0 Å². The zero-order valence-corrected chi connectivity index (χ0v) is 14.7. The maximum Gasteiger partial charge on any atom is 0.200 e. The SMILES string of the molecule is CC1=CN([O-])C(C)=C2N=C(C#Cc3nc(-c4ccccc4)cn3C)NN12. The van der Waals surface area contributed by atoms with Gasteiger partial charge in [0.15, 0.2) is 17.5 Å². The van der Waals surface area contributed by atoms with Gasteiger partial charge >= 0.3 is 0 Å². The maximum absolute atomic E-state index is 11.8. The van der Waals surface area contributed by atoms with E-state index in [0.717, 1.165) is 22.0 Å². The molecule has 0 fully saturated rings. The number of hydrogen-bond donors (Lipinski definition) is 1. The second kappa shape index (κ2) is 6.10. The number of allylic oxidation sites excluding steroid dienone is 2. The largest absolute Gasteiger partial charge is 0.754 e. The van der Waals surface area contributed by atoms with Crippen LogP contribution in [0.25, 0.3) is 11.3 Å². The first-order valence-corrected chi connectivity index (χ1v) is 8.15. The number of nitrogens with one attached hydrogen (secondary N) is 1. The van der Waals surface area contributed by atoms with Gasteiger partial charge in [0.1, 0.15) is 0 Å². The van der Waals surface area contributed by atoms with E-state index in [0.29, 0.717) is 23.2 Å². The Labute approximate surface area is 151 Å². The standard InChI is InChI=1S/C19H17N6O/c1-13-11-24(26)14(2)19-21-17(22-25(13)19)9-10-18-20-16(12-23(18)3)15-7-5-4-6-8-15/h4-8,11-12H,1-3H3,(H,21,22)/q-1. The number of hydrazine groups is 1. The van der Waals surface area contributed by atoms with E-state index in [-0.39, 0.29) is 0 Å². The quantitative estimate of drug-likeness (QED) is 0.804. The minimum absolute atomic E-state index is 0.478. The fraction of sp³-hybridized carbons (Fsp3) is 0.158. The van der Waals surface area contributed by atoms with Crippen molar-refractivity contribution in [2.45, 2.75) is 13.8 Å². The van der Waals surface area contributed by atoms with E-state index in [2.05, 4.69) is 27.2 Å². The van der Waals surface area contributed by atoms with Crippen LogP contribution in [0.3, 0.4) is 0 Å². The monoisotopic (exact) mass is 345 g/mol. The van der Waals surface area contributed by atoms with Crippen LogP contribution in [0.1, 0.15) is 19.7 Å². The summed E-state index contributed by atoms with van der Waals surface area (Å²) in [5.74, 6) is 7.72. The molecule has 2 aliphatic heterocycles. The number of nitrogens with zero attached hydrogens (tertiary/aromatic N) is 5. The molecule has 0 aliphatic carbocycles. The highest BCUT2D eigenvalue weighted by molar-refractivity contribution is 6.00. The van der Waals surface area contributed by atoms with Gasteiger partial charge in [0.2, 0.25) is 0 Å². The second-order valence-corrected chi connectivity index (χ2v) is 6.09. The molecule has 7 nitrogen and oxygen atoms in total. The molecule has 0 unspecified atom stereocenters. The molecule has 1 N–H and O–H groups in total. The van der Waals surface area contributed by atoms with Crippen molar-refractivity contribution >= 4 is 5.84 Å². The van der Waals surface area contributed by atoms with Gasteiger partial charge in [-0.25, -0.2) is 9.99 Å². The number of hydroxylamine groups is 2. The highest BCUT2D eigenvalue weighted by Gasteiger charge is 2.25. The molecule has 0 saturated heterocycles. The van der Waals surface area contributed by atoms with E-state index in [4.69, 9.17) is 0 Å². The van der Waals surface area contributed by atoms with Crippen molar-refractivity contribution in [1.29, 1.82) is 0 Å². The Morgan fingerprint density at radius 2 is 1.88 bits per heavy atom. The summed E-state index contributed by atoms with van der Waals surface area (Å²) in [6, 6.07) is 9.96. The van der Waals surface area contributed by atoms with Crippen molar-refractivity contribution < 1.29 is 0 Å². The van der Waals surface area contributed by atoms with Crippen LogP contribution in [0.4, 0.5) is 0 Å². The lowest BCUT2D eigenvalue weighted by molar-refractivity contribution is 0.357. The molecule has 130 valence electrons. The van der Waals surface area contributed by atoms with Gasteiger partial charge in [0, 0.05) is 30.7 Å². The Morgan fingerprint density at radius 1 is 1.12 bits per heavy atom. The predicted molar refractivity (Wildman–Crippen MR) is 99.6 cm³/mol. The molecule has 0 bridgehead atoms. The van der Waals surface area contributed by atoms with Gasteiger partial charge in [-0.15, -0.1) is 0 Å². The first-order chi connectivity index (χ1) is 12.5. The fourth-order valence-electron chi connectivity index (χ4n) is 2.76. The van der Waals surface area contributed by atoms with E-state index in [1.54, 1.807) is 11.9 Å². The fourth-order valence-corrected chi connectivity index (χ4v) is 2.76. The van der Waals surface area contributed by atoms with Crippen molar-refractivity contribution in [3.63, 3.8) is 0 Å². The highest BCUT2D eigenvalue weighted by Crippen LogP contribution is 2.27. The lowest BCUT2D eigenvalue weighted by Crippen LogP contribution is -2.36. The van der Waals surface area contributed by atoms with Gasteiger partial charge in [-0.2, -0.15) is 4.99 Å². The van der Waals surface area contributed by atoms with Crippen LogP contribution < -0.4 is 5.43 Å². The molecule has 4 rings (SSSR count). The highest BCUT2D eigenvalue weighted by atomic mass is 16.5. The zero-order valence-electron chi connectivity index (χ0n) is 14.7. The Morgan fingerprint density at radius 3 is 2.65 bits per heavy atom. The number of aryl methyl sites for hydroxylation is 1. The number of amidine groups is 1. The Bertz CT molecular complexity index is 1020. The Hall–Kier alpha value is -3.50. The molecular formula is C19H17N6O-. The van der Waals surface area contributed by atoms with Gasteiger partial charge < -0.3 is 14.8 Å². The first-order valence-electron chi connectivity index (χ1n) is 8.15. The predicted octanol–water partition coefficient (Wildman–Crippen LogP) is 2.52. The summed E-state index contributed by atoms with van der Waals surface area (Å²) in [6.07, 6.45) is 3.45. The molecule has 1 aromatic heterocycles. The number of benzene rings is 1. The number of imidazole rings is 1. The summed E-state index contributed by atoms with van der Waals surface area (Å²) in [5, 5.41) is 14.4. The van der Waals surface area contributed by atoms with Gasteiger partial charge in [-0.3, -0.25) is 5.43 Å². The number of aliphatic imine (C=N–C) groups is 1. The van der Waals surface area contributed by atoms with Crippen molar-refractivity contribution in [2.24, 2.45) is 12.0 Å². The van der Waals surface area contributed by atoms with E-state index in [1.165, 1.54) is 6.20 Å². The molecule has 3 heterocycles. The molecule has 2 aromatic rings. The van der Waals surface area contributed by atoms with Crippen molar-refractivity contribution in [1.82, 2.24) is 25.0 Å². The van der Waals surface area contributed by atoms with Crippen LogP contribution in [0.15, 0.2) is 64.9 Å². The van der Waals surface area contributed by atoms with Crippen LogP contribution in [-0.4, -0.2) is 25.5 Å². The molecule has 0 radical (unpaired) electrons. The molecule has 0 amide bonds. The first kappa shape index (κ1) is 16.0. The summed E-state index contributed by atoms with van der Waals surface area (Å²) in [5.41, 5.74) is 6.29. The smallest absolute Gasteiger partial charge is 0.200 e. The minimum atomic E-state index is 0.478. The zero-order chi connectivity index (χ0) is 18.3. The van der Waals surface area contributed by atoms with E-state index < -0.39 is 0 Å². The molecule has 7 heteroatoms. The topological polar surface area (TPSA) is 71.7 Å². The minimum Gasteiger partial charge on any atom is -0.754 e. The van der Waals surface area contributed by atoms with E-state index in [1.807, 2.05) is 55.1 Å². The summed E-state index contributed by atoms with van der Waals surface area (Å²) < 4.78 is 1.88. The maximum atomic E-state index is 11.8. The average Bonchev–Trinajstić information content (AvgIpc) is 3.23. The molecule has 0 atom stereocenters. The average molecular weight is 345 g/mol. The lowest BCUT2D eigenvalue weighted by Gasteiger charge is -2.36. The van der Waals surface area contributed by atoms with Gasteiger partial charge in [0.25, 0.3) is 0 Å². The lowest BCUT2D eigenvalue weighted by atomic mass is 10.2. The number of hydrogen-bond acceptors (Lipinski definition) is 6. The number of fused-ring (bicyclic) bond motifs is 1. The number of rotatable bonds is 1. The van der Waals surface area contributed by atoms with Crippen LogP contribution in [-0.2, 0) is 7.05 Å². The molecule has 0 saturated carbocycles. The number of aromatic nitrogens is 2. The van der Waals surface area contributed by atoms with Crippen LogP contribution >= 0.6 is 0 Å². The summed E-state index contributed by atoms with van der Waals surface area (Å²) in [6.45, 7) is 3.56. The van der Waals surface area contributed by atoms with Crippen molar-refractivity contribution in [3.8, 4) is 23.1 Å². The van der Waals surface area contributed by atoms with Crippen molar-refractivity contribution in [3.05, 3.63) is 71.0 Å². The van der Waals surface area contributed by atoms with Crippen LogP contribution in [0.2, 0.25) is 0 Å². The second-order valence-electron chi connectivity index (χ2n) is 6.09. The molecule has 26 heavy (non-hydrogen) atoms. The third-order valence-electron chi connectivity index (χ3n) is 4.20. The summed E-state index contributed by atoms with van der Waals surface area (Å²) in [7, 11) is 1.91. The van der Waals surface area contributed by atoms with Gasteiger partial charge in [-0.1, -0.05) is 30.3 Å². The molecule has 2 aliphatic rings. The van der Waals surface area contributed by atoms with Crippen LogP contribution in [0, 0.1) is 17.0 Å². The molecule has 0 spiro atoms. The normalized spacial score (nSPS) is 15.8. The molecular weight excluding hydrogens is 328 g/mol. The Kier molecular flexibility index (Phi) is 3.75. The third-order valence-corrected chi connectivity index (χ3v) is 4.20. The summed E-state index contributed by atoms with van der Waals surface area (Å²) >= 11 is 0. The van der Waals surface area contributed by atoms with E-state index in [9.17, 15) is 5.21 Å².